The second kappa shape index (κ2) is 10.1. The lowest BCUT2D eigenvalue weighted by molar-refractivity contribution is 0.279. The number of hydrogen-bond donors (Lipinski definition) is 0. The van der Waals surface area contributed by atoms with Gasteiger partial charge in [0.15, 0.2) is 0 Å². The smallest absolute Gasteiger partial charge is 0.253 e. The predicted molar refractivity (Wildman–Crippen MR) is 120 cm³/mol. The number of rotatable bonds is 7. The van der Waals surface area contributed by atoms with Crippen LogP contribution in [0.15, 0.2) is 18.5 Å². The third-order valence-electron chi connectivity index (χ3n) is 5.94. The van der Waals surface area contributed by atoms with Crippen molar-refractivity contribution in [1.29, 1.82) is 0 Å². The van der Waals surface area contributed by atoms with Gasteiger partial charge in [0.25, 0.3) is 5.78 Å². The van der Waals surface area contributed by atoms with E-state index in [2.05, 4.69) is 15.1 Å². The van der Waals surface area contributed by atoms with Crippen LogP contribution >= 0.6 is 11.6 Å². The lowest BCUT2D eigenvalue weighted by Crippen LogP contribution is -2.15. The van der Waals surface area contributed by atoms with Crippen molar-refractivity contribution in [3.63, 3.8) is 0 Å². The SMILES string of the molecule is CN(C)CCCOc1cc(F)c(-c2c(Cl)nc3ncnn3c2C2CCCCCC2)c(F)c1. The molecule has 1 saturated carbocycles. The van der Waals surface area contributed by atoms with Crippen LogP contribution in [0.3, 0.4) is 0 Å². The summed E-state index contributed by atoms with van der Waals surface area (Å²) in [5.41, 5.74) is 0.738. The maximum atomic E-state index is 15.3. The normalized spacial score (nSPS) is 15.4. The number of nitrogens with zero attached hydrogens (tertiary/aromatic N) is 5. The van der Waals surface area contributed by atoms with E-state index >= 15 is 8.78 Å². The molecule has 172 valence electrons. The molecule has 0 unspecified atom stereocenters. The number of ether oxygens (including phenoxy) is 1. The van der Waals surface area contributed by atoms with E-state index in [0.29, 0.717) is 18.1 Å². The van der Waals surface area contributed by atoms with Gasteiger partial charge in [-0.25, -0.2) is 13.3 Å². The molecular weight excluding hydrogens is 436 g/mol. The average Bonchev–Trinajstić information content (AvgIpc) is 3.03. The lowest BCUT2D eigenvalue weighted by atomic mass is 9.90. The summed E-state index contributed by atoms with van der Waals surface area (Å²) >= 11 is 6.51. The number of halogens is 3. The quantitative estimate of drug-likeness (QED) is 0.263. The Hall–Kier alpha value is -2.32. The first kappa shape index (κ1) is 22.9. The first-order valence-corrected chi connectivity index (χ1v) is 11.5. The Morgan fingerprint density at radius 3 is 2.44 bits per heavy atom. The van der Waals surface area contributed by atoms with Gasteiger partial charge in [0.05, 0.1) is 17.9 Å². The van der Waals surface area contributed by atoms with Gasteiger partial charge in [0, 0.05) is 30.2 Å². The summed E-state index contributed by atoms with van der Waals surface area (Å²) in [5, 5.41) is 4.33. The van der Waals surface area contributed by atoms with E-state index in [4.69, 9.17) is 16.3 Å². The zero-order valence-electron chi connectivity index (χ0n) is 18.5. The highest BCUT2D eigenvalue weighted by molar-refractivity contribution is 6.32. The molecule has 0 aliphatic heterocycles. The molecule has 2 aromatic heterocycles. The molecule has 1 fully saturated rings. The van der Waals surface area contributed by atoms with E-state index in [1.165, 1.54) is 18.5 Å². The van der Waals surface area contributed by atoms with E-state index in [0.717, 1.165) is 51.5 Å². The zero-order chi connectivity index (χ0) is 22.7. The van der Waals surface area contributed by atoms with Crippen molar-refractivity contribution in [2.75, 3.05) is 27.2 Å². The molecule has 1 aliphatic rings. The Kier molecular flexibility index (Phi) is 7.20. The minimum atomic E-state index is -0.731. The van der Waals surface area contributed by atoms with Gasteiger partial charge < -0.3 is 9.64 Å². The highest BCUT2D eigenvalue weighted by Crippen LogP contribution is 2.42. The molecule has 0 spiro atoms. The topological polar surface area (TPSA) is 55.5 Å². The fourth-order valence-electron chi connectivity index (χ4n) is 4.44. The lowest BCUT2D eigenvalue weighted by Gasteiger charge is -2.21. The van der Waals surface area contributed by atoms with Crippen molar-refractivity contribution in [1.82, 2.24) is 24.5 Å². The summed E-state index contributed by atoms with van der Waals surface area (Å²) < 4.78 is 37.8. The molecule has 0 atom stereocenters. The fourth-order valence-corrected chi connectivity index (χ4v) is 4.71. The Balaban J connectivity index is 1.76. The van der Waals surface area contributed by atoms with Crippen molar-refractivity contribution in [2.45, 2.75) is 50.9 Å². The number of benzene rings is 1. The third-order valence-corrected chi connectivity index (χ3v) is 6.22. The molecule has 0 N–H and O–H groups in total. The van der Waals surface area contributed by atoms with Gasteiger partial charge in [-0.05, 0) is 33.4 Å². The Morgan fingerprint density at radius 1 is 1.09 bits per heavy atom. The monoisotopic (exact) mass is 463 g/mol. The molecule has 1 aliphatic carbocycles. The van der Waals surface area contributed by atoms with Crippen LogP contribution in [0, 0.1) is 11.6 Å². The molecule has 2 heterocycles. The minimum Gasteiger partial charge on any atom is -0.493 e. The van der Waals surface area contributed by atoms with Gasteiger partial charge in [-0.15, -0.1) is 0 Å². The number of hydrogen-bond acceptors (Lipinski definition) is 5. The molecule has 32 heavy (non-hydrogen) atoms. The van der Waals surface area contributed by atoms with Crippen molar-refractivity contribution >= 4 is 17.4 Å². The average molecular weight is 464 g/mol. The van der Waals surface area contributed by atoms with Gasteiger partial charge in [-0.2, -0.15) is 15.1 Å². The van der Waals surface area contributed by atoms with Crippen molar-refractivity contribution in [3.8, 4) is 16.9 Å². The van der Waals surface area contributed by atoms with Gasteiger partial charge in [0.2, 0.25) is 0 Å². The Labute approximate surface area is 191 Å². The van der Waals surface area contributed by atoms with Gasteiger partial charge >= 0.3 is 0 Å². The van der Waals surface area contributed by atoms with Gasteiger partial charge in [-0.3, -0.25) is 0 Å². The molecule has 4 rings (SSSR count). The second-order valence-electron chi connectivity index (χ2n) is 8.59. The molecule has 0 saturated heterocycles. The first-order valence-electron chi connectivity index (χ1n) is 11.1. The molecular formula is C23H28ClF2N5O. The number of aromatic nitrogens is 4. The van der Waals surface area contributed by atoms with E-state index in [1.54, 1.807) is 4.52 Å². The van der Waals surface area contributed by atoms with Crippen molar-refractivity contribution in [3.05, 3.63) is 40.9 Å². The van der Waals surface area contributed by atoms with Gasteiger partial charge in [0.1, 0.15) is 28.9 Å². The van der Waals surface area contributed by atoms with Crippen LogP contribution in [-0.2, 0) is 0 Å². The largest absolute Gasteiger partial charge is 0.493 e. The molecule has 0 radical (unpaired) electrons. The molecule has 9 heteroatoms. The summed E-state index contributed by atoms with van der Waals surface area (Å²) in [6.07, 6.45) is 8.33. The molecule has 6 nitrogen and oxygen atoms in total. The Morgan fingerprint density at radius 2 is 1.78 bits per heavy atom. The van der Waals surface area contributed by atoms with E-state index in [9.17, 15) is 0 Å². The van der Waals surface area contributed by atoms with E-state index in [1.807, 2.05) is 19.0 Å². The van der Waals surface area contributed by atoms with Crippen LogP contribution in [0.2, 0.25) is 5.15 Å². The zero-order valence-corrected chi connectivity index (χ0v) is 19.2. The van der Waals surface area contributed by atoms with Gasteiger partial charge in [-0.1, -0.05) is 37.3 Å². The van der Waals surface area contributed by atoms with Crippen molar-refractivity contribution in [2.24, 2.45) is 0 Å². The summed E-state index contributed by atoms with van der Waals surface area (Å²) in [7, 11) is 3.92. The molecule has 0 amide bonds. The summed E-state index contributed by atoms with van der Waals surface area (Å²) in [6.45, 7) is 1.20. The van der Waals surface area contributed by atoms with E-state index in [-0.39, 0.29) is 27.9 Å². The fraction of sp³-hybridized carbons (Fsp3) is 0.522. The van der Waals surface area contributed by atoms with Crippen LogP contribution in [0.5, 0.6) is 5.75 Å². The molecule has 1 aromatic carbocycles. The van der Waals surface area contributed by atoms with E-state index < -0.39 is 11.6 Å². The third kappa shape index (κ3) is 4.86. The summed E-state index contributed by atoms with van der Waals surface area (Å²) in [4.78, 5) is 10.4. The molecule has 0 bridgehead atoms. The second-order valence-corrected chi connectivity index (χ2v) is 8.95. The standard InChI is InChI=1S/C23H28ClF2N5O/c1-30(2)10-7-11-32-16-12-17(25)19(18(26)13-16)20-21(15-8-5-3-4-6-9-15)31-23(27-14-28-31)29-22(20)24/h12-15H,3-11H2,1-2H3. The maximum Gasteiger partial charge on any atom is 0.253 e. The minimum absolute atomic E-state index is 0.0298. The highest BCUT2D eigenvalue weighted by Gasteiger charge is 2.29. The predicted octanol–water partition coefficient (Wildman–Crippen LogP) is 5.49. The summed E-state index contributed by atoms with van der Waals surface area (Å²) in [5.74, 6) is -0.904. The van der Waals surface area contributed by atoms with Crippen LogP contribution in [0.1, 0.15) is 56.6 Å². The maximum absolute atomic E-state index is 15.3. The molecule has 3 aromatic rings. The van der Waals surface area contributed by atoms with Crippen LogP contribution < -0.4 is 4.74 Å². The first-order chi connectivity index (χ1) is 15.5. The number of fused-ring (bicyclic) bond motifs is 1. The van der Waals surface area contributed by atoms with Crippen LogP contribution in [-0.4, -0.2) is 51.7 Å². The van der Waals surface area contributed by atoms with Crippen molar-refractivity contribution < 1.29 is 13.5 Å². The Bertz CT molecular complexity index is 1060. The highest BCUT2D eigenvalue weighted by atomic mass is 35.5. The van der Waals surface area contributed by atoms with Crippen LogP contribution in [0.25, 0.3) is 16.9 Å². The summed E-state index contributed by atoms with van der Waals surface area (Å²) in [6, 6.07) is 2.43. The van der Waals surface area contributed by atoms with Crippen LogP contribution in [0.4, 0.5) is 8.78 Å².